The summed E-state index contributed by atoms with van der Waals surface area (Å²) in [5, 5.41) is 11.4. The Kier molecular flexibility index (Phi) is 2.96. The third-order valence-corrected chi connectivity index (χ3v) is 4.36. The molecular weight excluding hydrogens is 278 g/mol. The van der Waals surface area contributed by atoms with Crippen LogP contribution in [0, 0.1) is 6.92 Å². The molecule has 0 radical (unpaired) electrons. The minimum atomic E-state index is -0.114. The van der Waals surface area contributed by atoms with Gasteiger partial charge in [0, 0.05) is 24.0 Å². The molecule has 0 aliphatic heterocycles. The molecule has 112 valence electrons. The Morgan fingerprint density at radius 1 is 1.32 bits per heavy atom. The van der Waals surface area contributed by atoms with E-state index in [-0.39, 0.29) is 5.91 Å². The van der Waals surface area contributed by atoms with Crippen LogP contribution in [-0.2, 0) is 0 Å². The number of nitrogens with zero attached hydrogens (tertiary/aromatic N) is 3. The van der Waals surface area contributed by atoms with Crippen LogP contribution in [-0.4, -0.2) is 25.5 Å². The molecule has 6 heteroatoms. The fraction of sp³-hybridized carbons (Fsp3) is 0.312. The first kappa shape index (κ1) is 13.1. The van der Waals surface area contributed by atoms with Gasteiger partial charge in [-0.15, -0.1) is 10.2 Å². The van der Waals surface area contributed by atoms with Gasteiger partial charge in [-0.2, -0.15) is 0 Å². The van der Waals surface area contributed by atoms with Crippen LogP contribution in [0.3, 0.4) is 0 Å². The predicted octanol–water partition coefficient (Wildman–Crippen LogP) is 2.89. The van der Waals surface area contributed by atoms with Crippen molar-refractivity contribution >= 4 is 17.2 Å². The number of carbonyl (C=O) groups excluding carboxylic acids is 1. The number of pyridine rings is 1. The summed E-state index contributed by atoms with van der Waals surface area (Å²) in [7, 11) is 0. The summed E-state index contributed by atoms with van der Waals surface area (Å²) in [5.41, 5.74) is 3.08. The second-order valence-electron chi connectivity index (χ2n) is 5.80. The van der Waals surface area contributed by atoms with Gasteiger partial charge in [-0.3, -0.25) is 9.20 Å². The average molecular weight is 295 g/mol. The molecule has 2 N–H and O–H groups in total. The number of nitrogens with one attached hydrogen (secondary N) is 2. The van der Waals surface area contributed by atoms with Gasteiger partial charge in [0.1, 0.15) is 5.82 Å². The van der Waals surface area contributed by atoms with Crippen molar-refractivity contribution in [3.8, 4) is 0 Å². The number of H-pyrrole nitrogens is 1. The Morgan fingerprint density at radius 3 is 2.86 bits per heavy atom. The van der Waals surface area contributed by atoms with Crippen LogP contribution in [0.2, 0.25) is 0 Å². The number of aromatic amines is 1. The molecule has 0 bridgehead atoms. The maximum Gasteiger partial charge on any atom is 0.257 e. The van der Waals surface area contributed by atoms with Gasteiger partial charge in [-0.25, -0.2) is 0 Å². The molecule has 1 fully saturated rings. The van der Waals surface area contributed by atoms with Crippen LogP contribution >= 0.6 is 0 Å². The van der Waals surface area contributed by atoms with E-state index in [0.717, 1.165) is 22.9 Å². The highest BCUT2D eigenvalue weighted by atomic mass is 16.1. The summed E-state index contributed by atoms with van der Waals surface area (Å²) in [4.78, 5) is 15.3. The fourth-order valence-corrected chi connectivity index (χ4v) is 2.82. The summed E-state index contributed by atoms with van der Waals surface area (Å²) in [6.45, 7) is 1.88. The zero-order valence-corrected chi connectivity index (χ0v) is 12.3. The van der Waals surface area contributed by atoms with Crippen molar-refractivity contribution in [3.63, 3.8) is 0 Å². The lowest BCUT2D eigenvalue weighted by Gasteiger charge is -2.23. The highest BCUT2D eigenvalue weighted by Gasteiger charge is 2.24. The van der Waals surface area contributed by atoms with Crippen molar-refractivity contribution in [1.82, 2.24) is 19.6 Å². The number of hydrogen-bond acceptors (Lipinski definition) is 3. The quantitative estimate of drug-likeness (QED) is 0.780. The van der Waals surface area contributed by atoms with Crippen molar-refractivity contribution in [3.05, 3.63) is 47.7 Å². The lowest BCUT2D eigenvalue weighted by molar-refractivity contribution is 0.102. The van der Waals surface area contributed by atoms with Crippen LogP contribution in [0.25, 0.3) is 5.65 Å². The number of anilines is 1. The van der Waals surface area contributed by atoms with Gasteiger partial charge in [0.15, 0.2) is 5.65 Å². The van der Waals surface area contributed by atoms with Crippen molar-refractivity contribution in [2.24, 2.45) is 0 Å². The van der Waals surface area contributed by atoms with Crippen LogP contribution in [0.5, 0.6) is 0 Å². The summed E-state index contributed by atoms with van der Waals surface area (Å²) in [6.07, 6.45) is 7.26. The Labute approximate surface area is 127 Å². The molecule has 1 saturated carbocycles. The van der Waals surface area contributed by atoms with Crippen LogP contribution in [0.1, 0.15) is 47.1 Å². The second kappa shape index (κ2) is 4.98. The first-order chi connectivity index (χ1) is 10.7. The molecule has 6 nitrogen and oxygen atoms in total. The van der Waals surface area contributed by atoms with Gasteiger partial charge >= 0.3 is 0 Å². The number of aryl methyl sites for hydroxylation is 1. The zero-order valence-electron chi connectivity index (χ0n) is 12.3. The van der Waals surface area contributed by atoms with E-state index in [1.807, 2.05) is 29.7 Å². The second-order valence-corrected chi connectivity index (χ2v) is 5.80. The standard InChI is InChI=1S/C16H17N5O/c1-10-13(7-8-17-10)16(22)18-12-5-6-14-19-20-15(21(14)9-12)11-3-2-4-11/h5-9,11,17H,2-4H2,1H3,(H,18,22). The van der Waals surface area contributed by atoms with Gasteiger partial charge in [0.05, 0.1) is 11.3 Å². The first-order valence-electron chi connectivity index (χ1n) is 7.52. The lowest BCUT2D eigenvalue weighted by atomic mass is 9.85. The fourth-order valence-electron chi connectivity index (χ4n) is 2.82. The number of carbonyl (C=O) groups is 1. The molecule has 0 aromatic carbocycles. The Balaban J connectivity index is 1.64. The number of fused-ring (bicyclic) bond motifs is 1. The molecule has 0 atom stereocenters. The van der Waals surface area contributed by atoms with Crippen molar-refractivity contribution < 1.29 is 4.79 Å². The largest absolute Gasteiger partial charge is 0.365 e. The van der Waals surface area contributed by atoms with Gasteiger partial charge in [0.2, 0.25) is 0 Å². The molecule has 4 rings (SSSR count). The van der Waals surface area contributed by atoms with E-state index in [2.05, 4.69) is 20.5 Å². The van der Waals surface area contributed by atoms with Gasteiger partial charge in [-0.05, 0) is 38.0 Å². The molecule has 0 saturated heterocycles. The van der Waals surface area contributed by atoms with E-state index >= 15 is 0 Å². The summed E-state index contributed by atoms with van der Waals surface area (Å²) in [6, 6.07) is 5.52. The lowest BCUT2D eigenvalue weighted by Crippen LogP contribution is -2.14. The van der Waals surface area contributed by atoms with Crippen LogP contribution in [0.4, 0.5) is 5.69 Å². The topological polar surface area (TPSA) is 75.1 Å². The average Bonchev–Trinajstić information content (AvgIpc) is 3.04. The zero-order chi connectivity index (χ0) is 15.1. The summed E-state index contributed by atoms with van der Waals surface area (Å²) >= 11 is 0. The van der Waals surface area contributed by atoms with E-state index < -0.39 is 0 Å². The van der Waals surface area contributed by atoms with E-state index in [1.165, 1.54) is 19.3 Å². The number of amides is 1. The SMILES string of the molecule is Cc1[nH]ccc1C(=O)Nc1ccc2nnc(C3CCC3)n2c1. The van der Waals surface area contributed by atoms with E-state index in [4.69, 9.17) is 0 Å². The molecule has 1 aliphatic carbocycles. The monoisotopic (exact) mass is 295 g/mol. The molecule has 3 heterocycles. The molecular formula is C16H17N5O. The van der Waals surface area contributed by atoms with Crippen LogP contribution < -0.4 is 5.32 Å². The maximum atomic E-state index is 12.3. The number of aromatic nitrogens is 4. The van der Waals surface area contributed by atoms with E-state index in [9.17, 15) is 4.79 Å². The minimum absolute atomic E-state index is 0.114. The molecule has 1 amide bonds. The molecule has 22 heavy (non-hydrogen) atoms. The van der Waals surface area contributed by atoms with E-state index in [0.29, 0.717) is 11.5 Å². The van der Waals surface area contributed by atoms with Crippen molar-refractivity contribution in [2.75, 3.05) is 5.32 Å². The van der Waals surface area contributed by atoms with Gasteiger partial charge < -0.3 is 10.3 Å². The van der Waals surface area contributed by atoms with Gasteiger partial charge in [0.25, 0.3) is 5.91 Å². The number of hydrogen-bond donors (Lipinski definition) is 2. The third kappa shape index (κ3) is 2.07. The number of rotatable bonds is 3. The normalized spacial score (nSPS) is 15.0. The predicted molar refractivity (Wildman–Crippen MR) is 83.1 cm³/mol. The van der Waals surface area contributed by atoms with Crippen molar-refractivity contribution in [1.29, 1.82) is 0 Å². The molecule has 3 aromatic heterocycles. The highest BCUT2D eigenvalue weighted by Crippen LogP contribution is 2.35. The summed E-state index contributed by atoms with van der Waals surface area (Å²) in [5.74, 6) is 1.37. The third-order valence-electron chi connectivity index (χ3n) is 4.36. The van der Waals surface area contributed by atoms with E-state index in [1.54, 1.807) is 12.3 Å². The Hall–Kier alpha value is -2.63. The Morgan fingerprint density at radius 2 is 2.18 bits per heavy atom. The highest BCUT2D eigenvalue weighted by molar-refractivity contribution is 6.05. The minimum Gasteiger partial charge on any atom is -0.365 e. The molecule has 0 unspecified atom stereocenters. The first-order valence-corrected chi connectivity index (χ1v) is 7.52. The summed E-state index contributed by atoms with van der Waals surface area (Å²) < 4.78 is 1.99. The molecule has 0 spiro atoms. The maximum absolute atomic E-state index is 12.3. The smallest absolute Gasteiger partial charge is 0.257 e. The molecule has 3 aromatic rings. The van der Waals surface area contributed by atoms with Crippen LogP contribution in [0.15, 0.2) is 30.6 Å². The van der Waals surface area contributed by atoms with Gasteiger partial charge in [-0.1, -0.05) is 6.42 Å². The molecule has 1 aliphatic rings. The Bertz CT molecular complexity index is 843. The van der Waals surface area contributed by atoms with Crippen molar-refractivity contribution in [2.45, 2.75) is 32.1 Å².